The topological polar surface area (TPSA) is 69.0 Å². The Morgan fingerprint density at radius 3 is 2.47 bits per heavy atom. The van der Waals surface area contributed by atoms with E-state index in [1.807, 2.05) is 85.8 Å². The number of fused-ring (bicyclic) bond motifs is 1. The lowest BCUT2D eigenvalue weighted by Crippen LogP contribution is -2.27. The Morgan fingerprint density at radius 2 is 1.71 bits per heavy atom. The van der Waals surface area contributed by atoms with Crippen molar-refractivity contribution in [1.82, 2.24) is 19.9 Å². The Hall–Kier alpha value is -4.16. The molecule has 2 heterocycles. The molecule has 0 aliphatic carbocycles. The minimum atomic E-state index is -0.108. The van der Waals surface area contributed by atoms with E-state index in [1.165, 1.54) is 0 Å². The molecule has 0 fully saturated rings. The number of aromatic nitrogens is 3. The van der Waals surface area contributed by atoms with Crippen molar-refractivity contribution < 1.29 is 9.53 Å². The number of rotatable bonds is 10. The van der Waals surface area contributed by atoms with Gasteiger partial charge in [-0.3, -0.25) is 4.79 Å². The van der Waals surface area contributed by atoms with E-state index in [0.717, 1.165) is 39.4 Å². The molecule has 5 rings (SSSR count). The second-order valence-corrected chi connectivity index (χ2v) is 9.66. The fourth-order valence-electron chi connectivity index (χ4n) is 4.35. The van der Waals surface area contributed by atoms with Crippen LogP contribution in [0.4, 0.5) is 0 Å². The molecule has 0 radical (unpaired) electrons. The SMILES string of the molecule is CC(NC(=O)CCc1nc2cccnc2n1Cc1ccc(OCc2ccccc2)cc1)c1ccc(Cl)cc1. The van der Waals surface area contributed by atoms with Gasteiger partial charge >= 0.3 is 0 Å². The van der Waals surface area contributed by atoms with Crippen molar-refractivity contribution in [2.45, 2.75) is 39.0 Å². The molecule has 6 nitrogen and oxygen atoms in total. The van der Waals surface area contributed by atoms with E-state index in [-0.39, 0.29) is 11.9 Å². The Balaban J connectivity index is 1.24. The lowest BCUT2D eigenvalue weighted by molar-refractivity contribution is -0.121. The molecule has 2 aromatic heterocycles. The summed E-state index contributed by atoms with van der Waals surface area (Å²) in [5.74, 6) is 1.62. The molecule has 38 heavy (non-hydrogen) atoms. The first kappa shape index (κ1) is 25.5. The fourth-order valence-corrected chi connectivity index (χ4v) is 4.48. The van der Waals surface area contributed by atoms with E-state index in [4.69, 9.17) is 21.3 Å². The van der Waals surface area contributed by atoms with Gasteiger partial charge in [-0.1, -0.05) is 66.2 Å². The average Bonchev–Trinajstić information content (AvgIpc) is 3.29. The third kappa shape index (κ3) is 6.39. The zero-order chi connectivity index (χ0) is 26.3. The number of carbonyl (C=O) groups is 1. The number of aryl methyl sites for hydroxylation is 1. The summed E-state index contributed by atoms with van der Waals surface area (Å²) in [6.45, 7) is 3.09. The highest BCUT2D eigenvalue weighted by Gasteiger charge is 2.15. The summed E-state index contributed by atoms with van der Waals surface area (Å²) in [6, 6.07) is 29.4. The Kier molecular flexibility index (Phi) is 8.00. The van der Waals surface area contributed by atoms with Gasteiger partial charge in [-0.2, -0.15) is 0 Å². The van der Waals surface area contributed by atoms with Crippen molar-refractivity contribution in [1.29, 1.82) is 0 Å². The van der Waals surface area contributed by atoms with E-state index in [0.29, 0.717) is 31.0 Å². The molecule has 5 aromatic rings. The molecule has 3 aromatic carbocycles. The maximum Gasteiger partial charge on any atom is 0.220 e. The third-order valence-electron chi connectivity index (χ3n) is 6.42. The van der Waals surface area contributed by atoms with Crippen LogP contribution in [0.1, 0.15) is 41.9 Å². The maximum absolute atomic E-state index is 12.7. The summed E-state index contributed by atoms with van der Waals surface area (Å²) in [5.41, 5.74) is 4.87. The molecule has 0 spiro atoms. The number of hydrogen-bond donors (Lipinski definition) is 1. The maximum atomic E-state index is 12.7. The van der Waals surface area contributed by atoms with Crippen LogP contribution in [-0.2, 0) is 24.4 Å². The van der Waals surface area contributed by atoms with Crippen LogP contribution in [-0.4, -0.2) is 20.4 Å². The van der Waals surface area contributed by atoms with Crippen LogP contribution in [0.3, 0.4) is 0 Å². The van der Waals surface area contributed by atoms with Crippen LogP contribution in [0.15, 0.2) is 97.2 Å². The zero-order valence-electron chi connectivity index (χ0n) is 21.2. The van der Waals surface area contributed by atoms with E-state index in [1.54, 1.807) is 6.20 Å². The smallest absolute Gasteiger partial charge is 0.220 e. The number of hydrogen-bond acceptors (Lipinski definition) is 4. The summed E-state index contributed by atoms with van der Waals surface area (Å²) >= 11 is 5.98. The van der Waals surface area contributed by atoms with E-state index < -0.39 is 0 Å². The highest BCUT2D eigenvalue weighted by Crippen LogP contribution is 2.20. The molecule has 0 saturated carbocycles. The van der Waals surface area contributed by atoms with Gasteiger partial charge in [0.15, 0.2) is 5.65 Å². The quantitative estimate of drug-likeness (QED) is 0.226. The lowest BCUT2D eigenvalue weighted by atomic mass is 10.1. The molecule has 0 bridgehead atoms. The molecule has 1 atom stereocenters. The van der Waals surface area contributed by atoms with Gasteiger partial charge in [0.25, 0.3) is 0 Å². The second kappa shape index (κ2) is 11.9. The molecular weight excluding hydrogens is 496 g/mol. The number of ether oxygens (including phenoxy) is 1. The van der Waals surface area contributed by atoms with Gasteiger partial charge in [-0.25, -0.2) is 9.97 Å². The molecule has 1 N–H and O–H groups in total. The predicted octanol–water partition coefficient (Wildman–Crippen LogP) is 6.52. The standard InChI is InChI=1S/C31H29ClN4O2/c1-22(25-11-13-26(32)14-12-25)34-30(37)18-17-29-35-28-8-5-19-33-31(28)36(29)20-23-9-15-27(16-10-23)38-21-24-6-3-2-4-7-24/h2-16,19,22H,17-18,20-21H2,1H3,(H,34,37). The van der Waals surface area contributed by atoms with Crippen molar-refractivity contribution in [3.63, 3.8) is 0 Å². The van der Waals surface area contributed by atoms with Crippen LogP contribution in [0.25, 0.3) is 11.2 Å². The normalized spacial score (nSPS) is 11.8. The summed E-state index contributed by atoms with van der Waals surface area (Å²) in [5, 5.41) is 3.75. The van der Waals surface area contributed by atoms with Crippen LogP contribution >= 0.6 is 11.6 Å². The van der Waals surface area contributed by atoms with E-state index >= 15 is 0 Å². The van der Waals surface area contributed by atoms with Crippen LogP contribution in [0.5, 0.6) is 5.75 Å². The molecule has 192 valence electrons. The number of imidazole rings is 1. The number of amides is 1. The van der Waals surface area contributed by atoms with E-state index in [2.05, 4.69) is 27.0 Å². The summed E-state index contributed by atoms with van der Waals surface area (Å²) in [6.07, 6.45) is 2.60. The lowest BCUT2D eigenvalue weighted by Gasteiger charge is -2.15. The number of carbonyl (C=O) groups excluding carboxylic acids is 1. The van der Waals surface area contributed by atoms with Crippen molar-refractivity contribution in [2.24, 2.45) is 0 Å². The molecule has 1 unspecified atom stereocenters. The minimum absolute atomic E-state index is 0.0288. The van der Waals surface area contributed by atoms with Gasteiger partial charge < -0.3 is 14.6 Å². The first-order valence-electron chi connectivity index (χ1n) is 12.7. The number of halogens is 1. The summed E-state index contributed by atoms with van der Waals surface area (Å²) in [7, 11) is 0. The van der Waals surface area contributed by atoms with Gasteiger partial charge in [0.2, 0.25) is 5.91 Å². The van der Waals surface area contributed by atoms with Crippen LogP contribution in [0.2, 0.25) is 5.02 Å². The largest absolute Gasteiger partial charge is 0.489 e. The highest BCUT2D eigenvalue weighted by molar-refractivity contribution is 6.30. The molecule has 0 aliphatic heterocycles. The minimum Gasteiger partial charge on any atom is -0.489 e. The zero-order valence-corrected chi connectivity index (χ0v) is 21.9. The van der Waals surface area contributed by atoms with Gasteiger partial charge in [0.1, 0.15) is 23.7 Å². The molecular formula is C31H29ClN4O2. The van der Waals surface area contributed by atoms with Crippen molar-refractivity contribution in [3.8, 4) is 5.75 Å². The Labute approximate surface area is 227 Å². The number of nitrogens with one attached hydrogen (secondary N) is 1. The number of pyridine rings is 1. The predicted molar refractivity (Wildman–Crippen MR) is 150 cm³/mol. The van der Waals surface area contributed by atoms with Crippen LogP contribution < -0.4 is 10.1 Å². The van der Waals surface area contributed by atoms with E-state index in [9.17, 15) is 4.79 Å². The van der Waals surface area contributed by atoms with Crippen molar-refractivity contribution in [3.05, 3.63) is 125 Å². The van der Waals surface area contributed by atoms with Gasteiger partial charge in [0.05, 0.1) is 12.6 Å². The van der Waals surface area contributed by atoms with Crippen molar-refractivity contribution in [2.75, 3.05) is 0 Å². The first-order valence-corrected chi connectivity index (χ1v) is 13.0. The molecule has 7 heteroatoms. The second-order valence-electron chi connectivity index (χ2n) is 9.22. The summed E-state index contributed by atoms with van der Waals surface area (Å²) in [4.78, 5) is 22.1. The average molecular weight is 525 g/mol. The molecule has 0 aliphatic rings. The monoisotopic (exact) mass is 524 g/mol. The number of benzene rings is 3. The van der Waals surface area contributed by atoms with Gasteiger partial charge in [-0.05, 0) is 60.0 Å². The molecule has 0 saturated heterocycles. The Bertz CT molecular complexity index is 1500. The van der Waals surface area contributed by atoms with Gasteiger partial charge in [-0.15, -0.1) is 0 Å². The summed E-state index contributed by atoms with van der Waals surface area (Å²) < 4.78 is 8.02. The highest BCUT2D eigenvalue weighted by atomic mass is 35.5. The number of nitrogens with zero attached hydrogens (tertiary/aromatic N) is 3. The molecule has 1 amide bonds. The fraction of sp³-hybridized carbons (Fsp3) is 0.194. The third-order valence-corrected chi connectivity index (χ3v) is 6.67. The first-order chi connectivity index (χ1) is 18.5. The van der Waals surface area contributed by atoms with Gasteiger partial charge in [0, 0.05) is 24.1 Å². The van der Waals surface area contributed by atoms with Crippen LogP contribution in [0, 0.1) is 0 Å². The van der Waals surface area contributed by atoms with Crippen molar-refractivity contribution >= 4 is 28.7 Å². The Morgan fingerprint density at radius 1 is 0.947 bits per heavy atom.